The van der Waals surface area contributed by atoms with Gasteiger partial charge in [-0.3, -0.25) is 9.10 Å². The summed E-state index contributed by atoms with van der Waals surface area (Å²) in [5, 5.41) is 14.4. The van der Waals surface area contributed by atoms with E-state index < -0.39 is 10.0 Å². The number of hydrogen-bond acceptors (Lipinski definition) is 5. The second-order valence-corrected chi connectivity index (χ2v) is 9.60. The van der Waals surface area contributed by atoms with Crippen LogP contribution < -0.4 is 9.73 Å². The Morgan fingerprint density at radius 2 is 1.68 bits per heavy atom. The summed E-state index contributed by atoms with van der Waals surface area (Å²) in [6, 6.07) is 26.4. The molecule has 0 bridgehead atoms. The van der Waals surface area contributed by atoms with Crippen LogP contribution in [-0.2, 0) is 16.6 Å². The number of nitriles is 1. The maximum atomic E-state index is 13.1. The molecule has 4 aromatic carbocycles. The molecule has 0 unspecified atom stereocenters. The molecule has 1 amide bonds. The van der Waals surface area contributed by atoms with E-state index in [0.717, 1.165) is 21.9 Å². The van der Waals surface area contributed by atoms with Crippen molar-refractivity contribution in [2.24, 2.45) is 5.10 Å². The van der Waals surface area contributed by atoms with Gasteiger partial charge in [0.15, 0.2) is 0 Å². The smallest absolute Gasteiger partial charge is 0.267 e. The molecule has 1 N–H and O–H groups in total. The second-order valence-electron chi connectivity index (χ2n) is 7.77. The Morgan fingerprint density at radius 1 is 0.971 bits per heavy atom. The average Bonchev–Trinajstić information content (AvgIpc) is 3.08. The molecule has 7 nitrogen and oxygen atoms in total. The minimum Gasteiger partial charge on any atom is -0.267 e. The van der Waals surface area contributed by atoms with Crippen molar-refractivity contribution >= 4 is 38.6 Å². The van der Waals surface area contributed by atoms with Crippen LogP contribution in [0.15, 0.2) is 94.9 Å². The highest BCUT2D eigenvalue weighted by molar-refractivity contribution is 7.93. The van der Waals surface area contributed by atoms with Crippen molar-refractivity contribution in [2.45, 2.75) is 11.4 Å². The van der Waals surface area contributed by atoms with E-state index >= 15 is 0 Å². The van der Waals surface area contributed by atoms with Crippen LogP contribution in [0.2, 0.25) is 0 Å². The second kappa shape index (κ2) is 8.46. The SMILES string of the molecule is N#Cc1ccc(/C=N\NC(=O)c2ccc(CN3c4cccc5cccc(c45)S3(=O)=O)cc2)cc1. The number of hydrazone groups is 1. The van der Waals surface area contributed by atoms with E-state index in [1.165, 1.54) is 10.5 Å². The number of amides is 1. The molecule has 0 spiro atoms. The van der Waals surface area contributed by atoms with Crippen molar-refractivity contribution in [1.29, 1.82) is 5.26 Å². The molecule has 0 fully saturated rings. The summed E-state index contributed by atoms with van der Waals surface area (Å²) in [5.41, 5.74) is 5.57. The zero-order valence-electron chi connectivity index (χ0n) is 17.8. The fraction of sp³-hybridized carbons (Fsp3) is 0.0385. The van der Waals surface area contributed by atoms with Crippen LogP contribution in [0.3, 0.4) is 0 Å². The van der Waals surface area contributed by atoms with Gasteiger partial charge in [0, 0.05) is 10.9 Å². The average molecular weight is 467 g/mol. The molecule has 1 aliphatic rings. The van der Waals surface area contributed by atoms with E-state index in [2.05, 4.69) is 10.5 Å². The van der Waals surface area contributed by atoms with Gasteiger partial charge in [-0.15, -0.1) is 0 Å². The Morgan fingerprint density at radius 3 is 2.38 bits per heavy atom. The topological polar surface area (TPSA) is 103 Å². The Bertz CT molecular complexity index is 1580. The van der Waals surface area contributed by atoms with Gasteiger partial charge in [-0.05, 0) is 52.9 Å². The standard InChI is InChI=1S/C26H18N4O3S/c27-15-18-7-9-19(10-8-18)16-28-29-26(31)22-13-11-20(12-14-22)17-30-23-5-1-3-21-4-2-6-24(25(21)23)34(30,32)33/h1-14,16H,17H2,(H,29,31)/b28-16-. The van der Waals surface area contributed by atoms with Crippen molar-refractivity contribution in [3.05, 3.63) is 107 Å². The van der Waals surface area contributed by atoms with Gasteiger partial charge in [0.05, 0.1) is 35.0 Å². The monoisotopic (exact) mass is 466 g/mol. The molecule has 0 aromatic heterocycles. The third-order valence-electron chi connectivity index (χ3n) is 5.64. The molecule has 8 heteroatoms. The minimum absolute atomic E-state index is 0.162. The summed E-state index contributed by atoms with van der Waals surface area (Å²) < 4.78 is 27.7. The fourth-order valence-corrected chi connectivity index (χ4v) is 5.63. The molecule has 4 aromatic rings. The predicted molar refractivity (Wildman–Crippen MR) is 130 cm³/mol. The van der Waals surface area contributed by atoms with Gasteiger partial charge < -0.3 is 0 Å². The Balaban J connectivity index is 1.29. The lowest BCUT2D eigenvalue weighted by molar-refractivity contribution is 0.0955. The Kier molecular flexibility index (Phi) is 5.32. The van der Waals surface area contributed by atoms with Crippen LogP contribution in [0.5, 0.6) is 0 Å². The highest BCUT2D eigenvalue weighted by atomic mass is 32.2. The number of benzene rings is 4. The summed E-state index contributed by atoms with van der Waals surface area (Å²) in [6.45, 7) is 0.162. The molecule has 34 heavy (non-hydrogen) atoms. The summed E-state index contributed by atoms with van der Waals surface area (Å²) in [6.07, 6.45) is 1.49. The van der Waals surface area contributed by atoms with Crippen molar-refractivity contribution in [2.75, 3.05) is 4.31 Å². The van der Waals surface area contributed by atoms with E-state index in [1.807, 2.05) is 30.3 Å². The van der Waals surface area contributed by atoms with E-state index in [0.29, 0.717) is 21.7 Å². The zero-order chi connectivity index (χ0) is 23.7. The first-order valence-electron chi connectivity index (χ1n) is 10.4. The molecule has 5 rings (SSSR count). The van der Waals surface area contributed by atoms with Gasteiger partial charge in [-0.2, -0.15) is 10.4 Å². The van der Waals surface area contributed by atoms with Crippen LogP contribution in [0.25, 0.3) is 10.8 Å². The van der Waals surface area contributed by atoms with Crippen molar-refractivity contribution in [1.82, 2.24) is 5.43 Å². The largest absolute Gasteiger partial charge is 0.271 e. The normalized spacial score (nSPS) is 13.8. The lowest BCUT2D eigenvalue weighted by atomic mass is 10.1. The predicted octanol–water partition coefficient (Wildman–Crippen LogP) is 4.18. The number of anilines is 1. The Labute approximate surface area is 196 Å². The Hall–Kier alpha value is -4.48. The highest BCUT2D eigenvalue weighted by Gasteiger charge is 2.35. The van der Waals surface area contributed by atoms with Gasteiger partial charge in [0.1, 0.15) is 0 Å². The fourth-order valence-electron chi connectivity index (χ4n) is 3.93. The molecule has 0 aliphatic carbocycles. The number of nitrogens with zero attached hydrogens (tertiary/aromatic N) is 3. The van der Waals surface area contributed by atoms with Crippen LogP contribution in [-0.4, -0.2) is 20.5 Å². The van der Waals surface area contributed by atoms with Crippen LogP contribution in [0, 0.1) is 11.3 Å². The highest BCUT2D eigenvalue weighted by Crippen LogP contribution is 2.42. The van der Waals surface area contributed by atoms with Crippen molar-refractivity contribution in [3.8, 4) is 6.07 Å². The number of carbonyl (C=O) groups excluding carboxylic acids is 1. The van der Waals surface area contributed by atoms with Crippen LogP contribution >= 0.6 is 0 Å². The minimum atomic E-state index is -3.65. The number of carbonyl (C=O) groups is 1. The van der Waals surface area contributed by atoms with Crippen molar-refractivity contribution in [3.63, 3.8) is 0 Å². The molecule has 0 saturated carbocycles. The molecular formula is C26H18N4O3S. The quantitative estimate of drug-likeness (QED) is 0.352. The van der Waals surface area contributed by atoms with Gasteiger partial charge in [-0.1, -0.05) is 48.5 Å². The van der Waals surface area contributed by atoms with E-state index in [-0.39, 0.29) is 12.5 Å². The summed E-state index contributed by atoms with van der Waals surface area (Å²) in [4.78, 5) is 12.7. The van der Waals surface area contributed by atoms with E-state index in [1.54, 1.807) is 60.7 Å². The van der Waals surface area contributed by atoms with Gasteiger partial charge in [-0.25, -0.2) is 13.8 Å². The lowest BCUT2D eigenvalue weighted by Crippen LogP contribution is -2.26. The van der Waals surface area contributed by atoms with Gasteiger partial charge in [0.2, 0.25) is 0 Å². The zero-order valence-corrected chi connectivity index (χ0v) is 18.7. The lowest BCUT2D eigenvalue weighted by Gasteiger charge is -2.19. The number of nitrogens with one attached hydrogen (secondary N) is 1. The molecule has 0 atom stereocenters. The van der Waals surface area contributed by atoms with E-state index in [4.69, 9.17) is 5.26 Å². The maximum absolute atomic E-state index is 13.1. The molecule has 0 radical (unpaired) electrons. The summed E-state index contributed by atoms with van der Waals surface area (Å²) >= 11 is 0. The molecular weight excluding hydrogens is 448 g/mol. The van der Waals surface area contributed by atoms with Gasteiger partial charge in [0.25, 0.3) is 15.9 Å². The maximum Gasteiger partial charge on any atom is 0.271 e. The molecule has 0 saturated heterocycles. The third kappa shape index (κ3) is 3.78. The first-order chi connectivity index (χ1) is 16.5. The van der Waals surface area contributed by atoms with Crippen molar-refractivity contribution < 1.29 is 13.2 Å². The third-order valence-corrected chi connectivity index (χ3v) is 7.45. The van der Waals surface area contributed by atoms with Crippen LogP contribution in [0.4, 0.5) is 5.69 Å². The number of rotatable bonds is 5. The molecule has 166 valence electrons. The van der Waals surface area contributed by atoms with Gasteiger partial charge >= 0.3 is 0 Å². The molecule has 1 heterocycles. The molecule has 1 aliphatic heterocycles. The summed E-state index contributed by atoms with van der Waals surface area (Å²) in [7, 11) is -3.65. The van der Waals surface area contributed by atoms with Crippen LogP contribution in [0.1, 0.15) is 27.0 Å². The first-order valence-corrected chi connectivity index (χ1v) is 11.9. The number of sulfonamides is 1. The summed E-state index contributed by atoms with van der Waals surface area (Å²) in [5.74, 6) is -0.387. The first kappa shape index (κ1) is 21.4. The van der Waals surface area contributed by atoms with E-state index in [9.17, 15) is 13.2 Å². The number of hydrogen-bond donors (Lipinski definition) is 1.